The van der Waals surface area contributed by atoms with E-state index in [-0.39, 0.29) is 12.0 Å². The molecule has 1 aromatic heterocycles. The Morgan fingerprint density at radius 1 is 1.26 bits per heavy atom. The highest BCUT2D eigenvalue weighted by Crippen LogP contribution is 2.12. The van der Waals surface area contributed by atoms with Crippen LogP contribution in [0.3, 0.4) is 0 Å². The third-order valence-corrected chi connectivity index (χ3v) is 3.17. The van der Waals surface area contributed by atoms with Gasteiger partial charge in [0, 0.05) is 24.5 Å². The molecule has 0 spiro atoms. The topological polar surface area (TPSA) is 59.3 Å². The van der Waals surface area contributed by atoms with Crippen LogP contribution in [-0.2, 0) is 11.3 Å². The predicted octanol–water partition coefficient (Wildman–Crippen LogP) is 2.56. The van der Waals surface area contributed by atoms with Crippen LogP contribution in [0.2, 0.25) is 0 Å². The summed E-state index contributed by atoms with van der Waals surface area (Å²) >= 11 is 0. The zero-order valence-corrected chi connectivity index (χ0v) is 10.9. The van der Waals surface area contributed by atoms with Gasteiger partial charge >= 0.3 is 5.97 Å². The van der Waals surface area contributed by atoms with Gasteiger partial charge in [0.2, 0.25) is 0 Å². The van der Waals surface area contributed by atoms with E-state index < -0.39 is 5.97 Å². The molecule has 0 atom stereocenters. The highest BCUT2D eigenvalue weighted by Gasteiger charge is 2.03. The molecule has 0 unspecified atom stereocenters. The van der Waals surface area contributed by atoms with Crippen molar-refractivity contribution in [3.8, 4) is 0 Å². The summed E-state index contributed by atoms with van der Waals surface area (Å²) in [7, 11) is 0. The molecule has 0 aliphatic heterocycles. The summed E-state index contributed by atoms with van der Waals surface area (Å²) < 4.78 is 1.65. The Labute approximate surface area is 111 Å². The van der Waals surface area contributed by atoms with E-state index in [1.54, 1.807) is 10.8 Å². The van der Waals surface area contributed by atoms with E-state index in [9.17, 15) is 9.59 Å². The highest BCUT2D eigenvalue weighted by atomic mass is 16.4. The first-order valence-corrected chi connectivity index (χ1v) is 6.39. The van der Waals surface area contributed by atoms with Crippen molar-refractivity contribution in [2.75, 3.05) is 0 Å². The third-order valence-electron chi connectivity index (χ3n) is 3.17. The lowest BCUT2D eigenvalue weighted by Crippen LogP contribution is -2.19. The van der Waals surface area contributed by atoms with Crippen molar-refractivity contribution in [1.82, 2.24) is 4.57 Å². The number of aryl methyl sites for hydroxylation is 2. The second kappa shape index (κ2) is 5.69. The molecule has 0 aliphatic rings. The lowest BCUT2D eigenvalue weighted by molar-refractivity contribution is -0.137. The number of carbonyl (C=O) groups is 1. The number of aromatic nitrogens is 1. The normalized spacial score (nSPS) is 10.8. The molecule has 100 valence electrons. The number of aliphatic carboxylic acids is 1. The Kier molecular flexibility index (Phi) is 4.00. The SMILES string of the molecule is Cc1ccc2c(=O)n(CCCCC(=O)O)ccc2c1. The maximum Gasteiger partial charge on any atom is 0.303 e. The molecule has 0 aliphatic carbocycles. The van der Waals surface area contributed by atoms with Crippen molar-refractivity contribution in [2.45, 2.75) is 32.7 Å². The number of carboxylic acid groups (broad SMARTS) is 1. The first-order valence-electron chi connectivity index (χ1n) is 6.39. The molecule has 0 bridgehead atoms. The summed E-state index contributed by atoms with van der Waals surface area (Å²) in [5.74, 6) is -0.790. The maximum absolute atomic E-state index is 12.2. The van der Waals surface area contributed by atoms with Gasteiger partial charge in [-0.2, -0.15) is 0 Å². The summed E-state index contributed by atoms with van der Waals surface area (Å²) in [6.07, 6.45) is 3.23. The van der Waals surface area contributed by atoms with Crippen LogP contribution in [0.1, 0.15) is 24.8 Å². The van der Waals surface area contributed by atoms with E-state index in [1.165, 1.54) is 0 Å². The van der Waals surface area contributed by atoms with E-state index in [2.05, 4.69) is 0 Å². The molecule has 4 heteroatoms. The van der Waals surface area contributed by atoms with Crippen molar-refractivity contribution in [3.05, 3.63) is 46.4 Å². The summed E-state index contributed by atoms with van der Waals surface area (Å²) in [4.78, 5) is 22.6. The maximum atomic E-state index is 12.2. The van der Waals surface area contributed by atoms with Gasteiger partial charge in [0.1, 0.15) is 0 Å². The van der Waals surface area contributed by atoms with E-state index in [1.807, 2.05) is 31.2 Å². The fraction of sp³-hybridized carbons (Fsp3) is 0.333. The van der Waals surface area contributed by atoms with E-state index >= 15 is 0 Å². The minimum Gasteiger partial charge on any atom is -0.481 e. The molecule has 2 aromatic rings. The Bertz CT molecular complexity index is 658. The molecule has 1 heterocycles. The molecule has 4 nitrogen and oxygen atoms in total. The lowest BCUT2D eigenvalue weighted by atomic mass is 10.1. The lowest BCUT2D eigenvalue weighted by Gasteiger charge is -2.07. The zero-order valence-electron chi connectivity index (χ0n) is 10.9. The molecule has 1 N–H and O–H groups in total. The first kappa shape index (κ1) is 13.3. The second-order valence-corrected chi connectivity index (χ2v) is 4.76. The van der Waals surface area contributed by atoms with Crippen LogP contribution in [0, 0.1) is 6.92 Å². The number of unbranched alkanes of at least 4 members (excludes halogenated alkanes) is 1. The van der Waals surface area contributed by atoms with Crippen molar-refractivity contribution in [2.24, 2.45) is 0 Å². The van der Waals surface area contributed by atoms with Gasteiger partial charge in [0.25, 0.3) is 5.56 Å². The predicted molar refractivity (Wildman–Crippen MR) is 74.4 cm³/mol. The third kappa shape index (κ3) is 3.22. The monoisotopic (exact) mass is 259 g/mol. The quantitative estimate of drug-likeness (QED) is 0.839. The van der Waals surface area contributed by atoms with Gasteiger partial charge in [-0.1, -0.05) is 17.7 Å². The minimum atomic E-state index is -0.790. The Morgan fingerprint density at radius 3 is 2.79 bits per heavy atom. The van der Waals surface area contributed by atoms with Crippen LogP contribution in [0.25, 0.3) is 10.8 Å². The number of nitrogens with zero attached hydrogens (tertiary/aromatic N) is 1. The molecular weight excluding hydrogens is 242 g/mol. The van der Waals surface area contributed by atoms with E-state index in [0.29, 0.717) is 24.8 Å². The molecule has 0 saturated carbocycles. The van der Waals surface area contributed by atoms with Gasteiger partial charge in [-0.05, 0) is 37.3 Å². The van der Waals surface area contributed by atoms with Crippen LogP contribution < -0.4 is 5.56 Å². The highest BCUT2D eigenvalue weighted by molar-refractivity contribution is 5.81. The Hall–Kier alpha value is -2.10. The number of carboxylic acids is 1. The molecular formula is C15H17NO3. The number of rotatable bonds is 5. The van der Waals surface area contributed by atoms with Crippen LogP contribution in [0.5, 0.6) is 0 Å². The average Bonchev–Trinajstić information content (AvgIpc) is 2.36. The van der Waals surface area contributed by atoms with Crippen LogP contribution in [-0.4, -0.2) is 15.6 Å². The molecule has 0 fully saturated rings. The minimum absolute atomic E-state index is 0.00664. The first-order chi connectivity index (χ1) is 9.08. The Balaban J connectivity index is 2.16. The van der Waals surface area contributed by atoms with Crippen LogP contribution in [0.15, 0.2) is 35.3 Å². The molecule has 0 saturated heterocycles. The second-order valence-electron chi connectivity index (χ2n) is 4.76. The van der Waals surface area contributed by atoms with Crippen LogP contribution in [0.4, 0.5) is 0 Å². The van der Waals surface area contributed by atoms with Crippen molar-refractivity contribution in [3.63, 3.8) is 0 Å². The van der Waals surface area contributed by atoms with Crippen molar-refractivity contribution >= 4 is 16.7 Å². The number of hydrogen-bond donors (Lipinski definition) is 1. The number of pyridine rings is 1. The average molecular weight is 259 g/mol. The van der Waals surface area contributed by atoms with Gasteiger partial charge in [-0.3, -0.25) is 9.59 Å². The molecule has 2 rings (SSSR count). The fourth-order valence-electron chi connectivity index (χ4n) is 2.14. The summed E-state index contributed by atoms with van der Waals surface area (Å²) in [5.41, 5.74) is 1.12. The summed E-state index contributed by atoms with van der Waals surface area (Å²) in [5, 5.41) is 10.2. The molecule has 0 amide bonds. The zero-order chi connectivity index (χ0) is 13.8. The van der Waals surface area contributed by atoms with Gasteiger partial charge in [0.15, 0.2) is 0 Å². The van der Waals surface area contributed by atoms with Crippen molar-refractivity contribution < 1.29 is 9.90 Å². The van der Waals surface area contributed by atoms with Gasteiger partial charge in [-0.25, -0.2) is 0 Å². The number of fused-ring (bicyclic) bond motifs is 1. The molecule has 1 aromatic carbocycles. The molecule has 0 radical (unpaired) electrons. The molecule has 19 heavy (non-hydrogen) atoms. The largest absolute Gasteiger partial charge is 0.481 e. The van der Waals surface area contributed by atoms with Gasteiger partial charge < -0.3 is 9.67 Å². The van der Waals surface area contributed by atoms with E-state index in [0.717, 1.165) is 10.9 Å². The fourth-order valence-corrected chi connectivity index (χ4v) is 2.14. The summed E-state index contributed by atoms with van der Waals surface area (Å²) in [6, 6.07) is 7.70. The summed E-state index contributed by atoms with van der Waals surface area (Å²) in [6.45, 7) is 2.56. The van der Waals surface area contributed by atoms with Gasteiger partial charge in [-0.15, -0.1) is 0 Å². The van der Waals surface area contributed by atoms with Gasteiger partial charge in [0.05, 0.1) is 0 Å². The Morgan fingerprint density at radius 2 is 2.05 bits per heavy atom. The standard InChI is InChI=1S/C15H17NO3/c1-11-5-6-13-12(10-11)7-9-16(15(13)19)8-3-2-4-14(17)18/h5-7,9-10H,2-4,8H2,1H3,(H,17,18). The van der Waals surface area contributed by atoms with Crippen molar-refractivity contribution in [1.29, 1.82) is 0 Å². The number of hydrogen-bond acceptors (Lipinski definition) is 2. The smallest absolute Gasteiger partial charge is 0.303 e. The van der Waals surface area contributed by atoms with Crippen LogP contribution >= 0.6 is 0 Å². The van der Waals surface area contributed by atoms with E-state index in [4.69, 9.17) is 5.11 Å². The number of benzene rings is 1.